The van der Waals surface area contributed by atoms with Gasteiger partial charge in [-0.25, -0.2) is 0 Å². The Kier molecular flexibility index (Phi) is 4.83. The third-order valence-electron chi connectivity index (χ3n) is 2.57. The van der Waals surface area contributed by atoms with Gasteiger partial charge in [0.15, 0.2) is 0 Å². The summed E-state index contributed by atoms with van der Waals surface area (Å²) in [6.07, 6.45) is 2.36. The first-order valence-electron chi connectivity index (χ1n) is 5.41. The zero-order valence-electron chi connectivity index (χ0n) is 9.63. The van der Waals surface area contributed by atoms with Gasteiger partial charge in [0.2, 0.25) is 0 Å². The van der Waals surface area contributed by atoms with Crippen molar-refractivity contribution in [1.29, 1.82) is 0 Å². The number of halogens is 1. The van der Waals surface area contributed by atoms with E-state index < -0.39 is 0 Å². The molecule has 15 heavy (non-hydrogen) atoms. The highest BCUT2D eigenvalue weighted by Gasteiger charge is 2.10. The first-order chi connectivity index (χ1) is 7.19. The van der Waals surface area contributed by atoms with Gasteiger partial charge in [0, 0.05) is 17.8 Å². The summed E-state index contributed by atoms with van der Waals surface area (Å²) in [5.74, 6) is 0.515. The van der Waals surface area contributed by atoms with Crippen LogP contribution in [0.5, 0.6) is 0 Å². The molecule has 0 aliphatic carbocycles. The molecular formula is C13H18ClN. The smallest absolute Gasteiger partial charge is 0.0445 e. The van der Waals surface area contributed by atoms with Gasteiger partial charge in [-0.1, -0.05) is 44.0 Å². The molecule has 1 atom stereocenters. The molecule has 2 heteroatoms. The van der Waals surface area contributed by atoms with Crippen LogP contribution >= 0.6 is 11.6 Å². The average molecular weight is 224 g/mol. The lowest BCUT2D eigenvalue weighted by Gasteiger charge is -2.13. The maximum absolute atomic E-state index is 5.86. The van der Waals surface area contributed by atoms with Gasteiger partial charge in [-0.05, 0) is 30.0 Å². The molecule has 1 aromatic rings. The number of hydrogen-bond donors (Lipinski definition) is 0. The Hall–Kier alpha value is -0.820. The molecule has 1 aromatic carbocycles. The predicted molar refractivity (Wildman–Crippen MR) is 68.0 cm³/mol. The third kappa shape index (κ3) is 3.35. The van der Waals surface area contributed by atoms with Crippen molar-refractivity contribution in [2.75, 3.05) is 7.05 Å². The lowest BCUT2D eigenvalue weighted by atomic mass is 9.94. The summed E-state index contributed by atoms with van der Waals surface area (Å²) in [6, 6.07) is 7.91. The molecule has 0 radical (unpaired) electrons. The summed E-state index contributed by atoms with van der Waals surface area (Å²) < 4.78 is 0. The predicted octanol–water partition coefficient (Wildman–Crippen LogP) is 4.20. The second-order valence-electron chi connectivity index (χ2n) is 3.81. The number of benzene rings is 1. The van der Waals surface area contributed by atoms with E-state index in [0.717, 1.165) is 5.02 Å². The standard InChI is InChI=1S/C13H18ClN/c1-4-5-10(2)13(15-3)11-6-8-12(14)9-7-11/h6-10H,4-5H2,1-3H3. The van der Waals surface area contributed by atoms with Gasteiger partial charge in [-0.15, -0.1) is 0 Å². The summed E-state index contributed by atoms with van der Waals surface area (Å²) in [5, 5.41) is 0.775. The normalized spacial score (nSPS) is 14.0. The number of hydrogen-bond acceptors (Lipinski definition) is 1. The number of nitrogens with zero attached hydrogens (tertiary/aromatic N) is 1. The van der Waals surface area contributed by atoms with E-state index >= 15 is 0 Å². The van der Waals surface area contributed by atoms with Gasteiger partial charge in [0.25, 0.3) is 0 Å². The molecule has 1 nitrogen and oxygen atoms in total. The van der Waals surface area contributed by atoms with Crippen LogP contribution in [0.1, 0.15) is 32.3 Å². The molecule has 0 saturated heterocycles. The fourth-order valence-electron chi connectivity index (χ4n) is 1.82. The minimum absolute atomic E-state index is 0.515. The molecule has 0 aliphatic rings. The van der Waals surface area contributed by atoms with E-state index in [1.165, 1.54) is 24.1 Å². The van der Waals surface area contributed by atoms with Gasteiger partial charge in [-0.3, -0.25) is 4.99 Å². The van der Waals surface area contributed by atoms with Crippen LogP contribution in [0.15, 0.2) is 29.3 Å². The van der Waals surface area contributed by atoms with Crippen molar-refractivity contribution in [3.8, 4) is 0 Å². The van der Waals surface area contributed by atoms with E-state index in [0.29, 0.717) is 5.92 Å². The Labute approximate surface area is 97.2 Å². The van der Waals surface area contributed by atoms with Crippen LogP contribution in [0.2, 0.25) is 5.02 Å². The summed E-state index contributed by atoms with van der Waals surface area (Å²) in [7, 11) is 1.86. The molecule has 0 fully saturated rings. The van der Waals surface area contributed by atoms with Crippen LogP contribution in [0.3, 0.4) is 0 Å². The van der Waals surface area contributed by atoms with Crippen molar-refractivity contribution in [1.82, 2.24) is 0 Å². The Balaban J connectivity index is 2.88. The number of aliphatic imine (C=N–C) groups is 1. The first kappa shape index (κ1) is 12.3. The zero-order valence-corrected chi connectivity index (χ0v) is 10.4. The topological polar surface area (TPSA) is 12.4 Å². The van der Waals surface area contributed by atoms with Crippen LogP contribution < -0.4 is 0 Å². The van der Waals surface area contributed by atoms with E-state index in [4.69, 9.17) is 11.6 Å². The second-order valence-corrected chi connectivity index (χ2v) is 4.24. The van der Waals surface area contributed by atoms with Crippen LogP contribution in [0.25, 0.3) is 0 Å². The van der Waals surface area contributed by atoms with Crippen molar-refractivity contribution >= 4 is 17.3 Å². The molecule has 0 aliphatic heterocycles. The van der Waals surface area contributed by atoms with E-state index in [9.17, 15) is 0 Å². The monoisotopic (exact) mass is 223 g/mol. The molecule has 1 rings (SSSR count). The van der Waals surface area contributed by atoms with Crippen molar-refractivity contribution in [3.63, 3.8) is 0 Å². The molecule has 0 N–H and O–H groups in total. The lowest BCUT2D eigenvalue weighted by Crippen LogP contribution is -2.12. The Morgan fingerprint density at radius 3 is 2.40 bits per heavy atom. The van der Waals surface area contributed by atoms with Crippen molar-refractivity contribution in [2.24, 2.45) is 10.9 Å². The second kappa shape index (κ2) is 5.92. The molecule has 0 bridgehead atoms. The van der Waals surface area contributed by atoms with Gasteiger partial charge in [0.1, 0.15) is 0 Å². The molecule has 0 heterocycles. The summed E-state index contributed by atoms with van der Waals surface area (Å²) >= 11 is 5.86. The van der Waals surface area contributed by atoms with Gasteiger partial charge in [-0.2, -0.15) is 0 Å². The van der Waals surface area contributed by atoms with Crippen LogP contribution in [-0.2, 0) is 0 Å². The van der Waals surface area contributed by atoms with Crippen LogP contribution in [0.4, 0.5) is 0 Å². The summed E-state index contributed by atoms with van der Waals surface area (Å²) in [5.41, 5.74) is 2.36. The molecule has 82 valence electrons. The van der Waals surface area contributed by atoms with Gasteiger partial charge >= 0.3 is 0 Å². The highest BCUT2D eigenvalue weighted by molar-refractivity contribution is 6.30. The minimum Gasteiger partial charge on any atom is -0.292 e. The Morgan fingerprint density at radius 2 is 1.93 bits per heavy atom. The van der Waals surface area contributed by atoms with E-state index in [1.54, 1.807) is 0 Å². The van der Waals surface area contributed by atoms with E-state index in [-0.39, 0.29) is 0 Å². The largest absolute Gasteiger partial charge is 0.292 e. The molecular weight excluding hydrogens is 206 g/mol. The summed E-state index contributed by atoms with van der Waals surface area (Å²) in [6.45, 7) is 4.42. The third-order valence-corrected chi connectivity index (χ3v) is 2.82. The SMILES string of the molecule is CCCC(C)C(=NC)c1ccc(Cl)cc1. The van der Waals surface area contributed by atoms with Crippen molar-refractivity contribution in [3.05, 3.63) is 34.9 Å². The van der Waals surface area contributed by atoms with Crippen molar-refractivity contribution < 1.29 is 0 Å². The van der Waals surface area contributed by atoms with E-state index in [1.807, 2.05) is 31.3 Å². The minimum atomic E-state index is 0.515. The highest BCUT2D eigenvalue weighted by atomic mass is 35.5. The molecule has 0 aromatic heterocycles. The number of rotatable bonds is 4. The van der Waals surface area contributed by atoms with Gasteiger partial charge < -0.3 is 0 Å². The molecule has 0 spiro atoms. The summed E-state index contributed by atoms with van der Waals surface area (Å²) in [4.78, 5) is 4.38. The molecule has 0 amide bonds. The Morgan fingerprint density at radius 1 is 1.33 bits per heavy atom. The van der Waals surface area contributed by atoms with E-state index in [2.05, 4.69) is 18.8 Å². The fourth-order valence-corrected chi connectivity index (χ4v) is 1.95. The van der Waals surface area contributed by atoms with Crippen LogP contribution in [-0.4, -0.2) is 12.8 Å². The first-order valence-corrected chi connectivity index (χ1v) is 5.79. The zero-order chi connectivity index (χ0) is 11.3. The quantitative estimate of drug-likeness (QED) is 0.679. The lowest BCUT2D eigenvalue weighted by molar-refractivity contribution is 0.666. The maximum atomic E-state index is 5.86. The average Bonchev–Trinajstić information content (AvgIpc) is 2.22. The highest BCUT2D eigenvalue weighted by Crippen LogP contribution is 2.17. The fraction of sp³-hybridized carbons (Fsp3) is 0.462. The molecule has 0 saturated carbocycles. The van der Waals surface area contributed by atoms with Crippen LogP contribution in [0, 0.1) is 5.92 Å². The maximum Gasteiger partial charge on any atom is 0.0445 e. The van der Waals surface area contributed by atoms with Crippen molar-refractivity contribution in [2.45, 2.75) is 26.7 Å². The Bertz CT molecular complexity index is 327. The molecule has 1 unspecified atom stereocenters. The van der Waals surface area contributed by atoms with Gasteiger partial charge in [0.05, 0.1) is 0 Å².